The van der Waals surface area contributed by atoms with E-state index in [0.717, 1.165) is 62.9 Å². The third-order valence-corrected chi connectivity index (χ3v) is 7.72. The lowest BCUT2D eigenvalue weighted by Crippen LogP contribution is -2.23. The van der Waals surface area contributed by atoms with E-state index in [1.807, 2.05) is 95.5 Å². The number of H-pyrrole nitrogens is 1. The number of rotatable bonds is 9. The molecule has 5 rings (SSSR count). The summed E-state index contributed by atoms with van der Waals surface area (Å²) in [5.74, 6) is -0.362. The van der Waals surface area contributed by atoms with Crippen LogP contribution in [0.5, 0.6) is 0 Å². The van der Waals surface area contributed by atoms with E-state index < -0.39 is 0 Å². The van der Waals surface area contributed by atoms with Gasteiger partial charge in [-0.15, -0.1) is 0 Å². The molecular formula is C36H36N4O3. The molecular weight excluding hydrogens is 536 g/mol. The molecule has 0 bridgehead atoms. The Morgan fingerprint density at radius 2 is 1.70 bits per heavy atom. The van der Waals surface area contributed by atoms with E-state index in [1.54, 1.807) is 4.57 Å². The maximum absolute atomic E-state index is 13.6. The summed E-state index contributed by atoms with van der Waals surface area (Å²) < 4.78 is 7.16. The first-order valence-corrected chi connectivity index (χ1v) is 14.4. The first-order valence-electron chi connectivity index (χ1n) is 14.4. The molecule has 218 valence electrons. The highest BCUT2D eigenvalue weighted by atomic mass is 16.5. The van der Waals surface area contributed by atoms with Crippen molar-refractivity contribution in [2.45, 2.75) is 33.7 Å². The van der Waals surface area contributed by atoms with E-state index in [4.69, 9.17) is 11.3 Å². The summed E-state index contributed by atoms with van der Waals surface area (Å²) in [5, 5.41) is 0.924. The predicted molar refractivity (Wildman–Crippen MR) is 173 cm³/mol. The fraction of sp³-hybridized carbons (Fsp3) is 0.250. The average molecular weight is 573 g/mol. The van der Waals surface area contributed by atoms with Gasteiger partial charge in [-0.2, -0.15) is 0 Å². The molecule has 0 amide bonds. The van der Waals surface area contributed by atoms with Gasteiger partial charge in [-0.1, -0.05) is 54.1 Å². The molecule has 2 aromatic heterocycles. The Morgan fingerprint density at radius 1 is 0.930 bits per heavy atom. The van der Waals surface area contributed by atoms with Crippen molar-refractivity contribution in [2.24, 2.45) is 0 Å². The zero-order valence-electron chi connectivity index (χ0n) is 25.3. The van der Waals surface area contributed by atoms with Crippen LogP contribution in [0.3, 0.4) is 0 Å². The first kappa shape index (κ1) is 29.6. The van der Waals surface area contributed by atoms with Crippen LogP contribution in [-0.2, 0) is 11.3 Å². The number of benzene rings is 3. The molecule has 3 aromatic carbocycles. The highest BCUT2D eigenvalue weighted by Crippen LogP contribution is 2.31. The molecule has 0 fully saturated rings. The first-order chi connectivity index (χ1) is 20.6. The molecule has 2 heterocycles. The molecule has 7 heteroatoms. The van der Waals surface area contributed by atoms with Gasteiger partial charge in [0.1, 0.15) is 5.69 Å². The van der Waals surface area contributed by atoms with Gasteiger partial charge in [-0.25, -0.2) is 9.64 Å². The van der Waals surface area contributed by atoms with Gasteiger partial charge >= 0.3 is 5.97 Å². The van der Waals surface area contributed by atoms with Crippen LogP contribution in [0.25, 0.3) is 38.1 Å². The number of esters is 1. The van der Waals surface area contributed by atoms with E-state index in [0.29, 0.717) is 24.4 Å². The molecule has 0 saturated heterocycles. The van der Waals surface area contributed by atoms with Gasteiger partial charge in [0, 0.05) is 23.1 Å². The molecule has 0 radical (unpaired) electrons. The van der Waals surface area contributed by atoms with Crippen LogP contribution < -0.4 is 5.56 Å². The lowest BCUT2D eigenvalue weighted by molar-refractivity contribution is 0.0487. The summed E-state index contributed by atoms with van der Waals surface area (Å²) >= 11 is 0. The molecule has 0 aliphatic heterocycles. The van der Waals surface area contributed by atoms with Crippen LogP contribution in [0.4, 0.5) is 5.69 Å². The van der Waals surface area contributed by atoms with Crippen molar-refractivity contribution in [3.63, 3.8) is 0 Å². The van der Waals surface area contributed by atoms with Crippen LogP contribution in [0.15, 0.2) is 77.6 Å². The van der Waals surface area contributed by atoms with E-state index in [2.05, 4.69) is 26.9 Å². The van der Waals surface area contributed by atoms with Crippen LogP contribution in [0.1, 0.15) is 39.2 Å². The molecule has 1 N–H and O–H groups in total. The van der Waals surface area contributed by atoms with Crippen molar-refractivity contribution >= 4 is 22.6 Å². The van der Waals surface area contributed by atoms with Gasteiger partial charge < -0.3 is 19.2 Å². The van der Waals surface area contributed by atoms with Crippen molar-refractivity contribution in [2.75, 3.05) is 27.2 Å². The van der Waals surface area contributed by atoms with Crippen molar-refractivity contribution in [3.8, 4) is 22.4 Å². The van der Waals surface area contributed by atoms with Crippen LogP contribution >= 0.6 is 0 Å². The summed E-state index contributed by atoms with van der Waals surface area (Å²) in [6.07, 6.45) is 0.776. The Bertz CT molecular complexity index is 1920. The van der Waals surface area contributed by atoms with Gasteiger partial charge in [0.15, 0.2) is 0 Å². The fourth-order valence-electron chi connectivity index (χ4n) is 5.38. The number of pyridine rings is 1. The minimum absolute atomic E-state index is 0.147. The Balaban J connectivity index is 1.49. The summed E-state index contributed by atoms with van der Waals surface area (Å²) in [7, 11) is 3.98. The number of hydrogen-bond donors (Lipinski definition) is 1. The second kappa shape index (κ2) is 12.5. The molecule has 0 unspecified atom stereocenters. The van der Waals surface area contributed by atoms with Crippen LogP contribution in [0, 0.1) is 27.3 Å². The number of aromatic amines is 1. The van der Waals surface area contributed by atoms with Crippen LogP contribution in [-0.4, -0.2) is 47.7 Å². The van der Waals surface area contributed by atoms with Gasteiger partial charge in [0.2, 0.25) is 0 Å². The summed E-state index contributed by atoms with van der Waals surface area (Å²) in [6.45, 7) is 15.1. The second-order valence-electron chi connectivity index (χ2n) is 11.4. The monoisotopic (exact) mass is 572 g/mol. The number of nitrogens with one attached hydrogen (secondary N) is 1. The molecule has 0 spiro atoms. The van der Waals surface area contributed by atoms with E-state index >= 15 is 0 Å². The number of nitrogens with zero attached hydrogens (tertiary/aromatic N) is 3. The largest absolute Gasteiger partial charge is 0.461 e. The van der Waals surface area contributed by atoms with Crippen molar-refractivity contribution in [1.82, 2.24) is 14.5 Å². The predicted octanol–water partition coefficient (Wildman–Crippen LogP) is 7.30. The van der Waals surface area contributed by atoms with E-state index in [-0.39, 0.29) is 17.2 Å². The molecule has 0 aliphatic carbocycles. The van der Waals surface area contributed by atoms with Gasteiger partial charge in [0.25, 0.3) is 11.2 Å². The third-order valence-electron chi connectivity index (χ3n) is 7.72. The highest BCUT2D eigenvalue weighted by molar-refractivity contribution is 5.96. The molecule has 0 atom stereocenters. The van der Waals surface area contributed by atoms with Crippen molar-refractivity contribution < 1.29 is 9.53 Å². The maximum atomic E-state index is 13.6. The van der Waals surface area contributed by atoms with Crippen LogP contribution in [0.2, 0.25) is 0 Å². The number of carbonyl (C=O) groups excluding carboxylic acids is 1. The van der Waals surface area contributed by atoms with Crippen molar-refractivity contribution in [3.05, 3.63) is 123 Å². The Hall–Kier alpha value is -4.93. The normalized spacial score (nSPS) is 11.2. The number of fused-ring (bicyclic) bond motifs is 1. The molecule has 5 aromatic rings. The number of aromatic nitrogens is 2. The third kappa shape index (κ3) is 6.45. The zero-order chi connectivity index (χ0) is 30.7. The number of hydrogen-bond acceptors (Lipinski definition) is 4. The fourth-order valence-corrected chi connectivity index (χ4v) is 5.38. The standard InChI is InChI=1S/C36H36N4O3/c1-23-11-12-30(24(2)17-23)22-40-33(18-25(3)34(37-4)35(40)41)29-10-7-9-26(19-29)27-13-14-28-21-32(38-31(28)20-27)36(42)43-16-8-15-39(5)6/h7,9-14,17-21,38H,8,15-16,22H2,1-3,5-6H3. The van der Waals surface area contributed by atoms with Crippen molar-refractivity contribution in [1.29, 1.82) is 0 Å². The average Bonchev–Trinajstić information content (AvgIpc) is 3.42. The number of carbonyl (C=O) groups is 1. The van der Waals surface area contributed by atoms with E-state index in [9.17, 15) is 9.59 Å². The minimum Gasteiger partial charge on any atom is -0.461 e. The molecule has 0 saturated carbocycles. The van der Waals surface area contributed by atoms with E-state index in [1.165, 1.54) is 0 Å². The summed E-state index contributed by atoms with van der Waals surface area (Å²) in [4.78, 5) is 35.0. The van der Waals surface area contributed by atoms with Gasteiger partial charge in [-0.05, 0) is 98.9 Å². The van der Waals surface area contributed by atoms with Gasteiger partial charge in [-0.3, -0.25) is 4.79 Å². The molecule has 43 heavy (non-hydrogen) atoms. The SMILES string of the molecule is [C-]#[N+]c1c(C)cc(-c2cccc(-c3ccc4cc(C(=O)OCCCN(C)C)[nH]c4c3)c2)n(Cc2ccc(C)cc2C)c1=O. The quantitative estimate of drug-likeness (QED) is 0.114. The summed E-state index contributed by atoms with van der Waals surface area (Å²) in [6, 6.07) is 24.0. The zero-order valence-corrected chi connectivity index (χ0v) is 25.3. The molecule has 7 nitrogen and oxygen atoms in total. The minimum atomic E-state index is -0.362. The number of aryl methyl sites for hydroxylation is 3. The second-order valence-corrected chi connectivity index (χ2v) is 11.4. The summed E-state index contributed by atoms with van der Waals surface area (Å²) in [5.41, 5.74) is 8.67. The Labute approximate surface area is 252 Å². The number of ether oxygens (including phenoxy) is 1. The molecule has 0 aliphatic rings. The lowest BCUT2D eigenvalue weighted by Gasteiger charge is -2.18. The Kier molecular flexibility index (Phi) is 8.61. The lowest BCUT2D eigenvalue weighted by atomic mass is 9.99. The smallest absolute Gasteiger partial charge is 0.354 e. The van der Waals surface area contributed by atoms with Gasteiger partial charge in [0.05, 0.1) is 19.7 Å². The maximum Gasteiger partial charge on any atom is 0.354 e. The Morgan fingerprint density at radius 3 is 2.44 bits per heavy atom. The topological polar surface area (TPSA) is 71.7 Å². The highest BCUT2D eigenvalue weighted by Gasteiger charge is 2.17.